The minimum atomic E-state index is -0.575. The van der Waals surface area contributed by atoms with E-state index in [9.17, 15) is 14.9 Å². The van der Waals surface area contributed by atoms with Gasteiger partial charge >= 0.3 is 0 Å². The number of benzene rings is 3. The molecule has 0 unspecified atom stereocenters. The predicted octanol–water partition coefficient (Wildman–Crippen LogP) is 6.02. The van der Waals surface area contributed by atoms with Crippen LogP contribution in [0.25, 0.3) is 0 Å². The molecular weight excluding hydrogens is 466 g/mol. The van der Waals surface area contributed by atoms with Gasteiger partial charge < -0.3 is 5.32 Å². The van der Waals surface area contributed by atoms with Crippen molar-refractivity contribution in [2.45, 2.75) is 25.5 Å². The highest BCUT2D eigenvalue weighted by Crippen LogP contribution is 2.42. The summed E-state index contributed by atoms with van der Waals surface area (Å²) in [5.41, 5.74) is 4.22. The number of hydrogen-bond donors (Lipinski definition) is 1. The Morgan fingerprint density at radius 1 is 1.06 bits per heavy atom. The molecule has 1 fully saturated rings. The van der Waals surface area contributed by atoms with E-state index in [1.807, 2.05) is 68.4 Å². The molecule has 34 heavy (non-hydrogen) atoms. The lowest BCUT2D eigenvalue weighted by Gasteiger charge is -2.19. The zero-order chi connectivity index (χ0) is 24.2. The molecule has 1 atom stereocenters. The number of carbonyl (C=O) groups is 2. The maximum atomic E-state index is 13.6. The fourth-order valence-electron chi connectivity index (χ4n) is 3.68. The van der Waals surface area contributed by atoms with E-state index in [0.29, 0.717) is 27.8 Å². The number of nitriles is 1. The summed E-state index contributed by atoms with van der Waals surface area (Å²) in [7, 11) is 0. The van der Waals surface area contributed by atoms with Gasteiger partial charge in [-0.25, -0.2) is 0 Å². The first kappa shape index (κ1) is 23.6. The van der Waals surface area contributed by atoms with Gasteiger partial charge in [0.2, 0.25) is 5.91 Å². The monoisotopic (exact) mass is 487 g/mol. The number of aryl methyl sites for hydroxylation is 2. The predicted molar refractivity (Wildman–Crippen MR) is 138 cm³/mol. The number of amides is 2. The highest BCUT2D eigenvalue weighted by Gasteiger charge is 2.41. The van der Waals surface area contributed by atoms with E-state index in [0.717, 1.165) is 16.7 Å². The smallest absolute Gasteiger partial charge is 0.269 e. The normalized spacial score (nSPS) is 16.8. The molecule has 3 aromatic carbocycles. The summed E-state index contributed by atoms with van der Waals surface area (Å²) in [6.07, 6.45) is 0.500. The molecule has 1 aliphatic rings. The van der Waals surface area contributed by atoms with Crippen LogP contribution in [-0.4, -0.2) is 17.1 Å². The summed E-state index contributed by atoms with van der Waals surface area (Å²) in [6, 6.07) is 24.0. The molecule has 7 heteroatoms. The van der Waals surface area contributed by atoms with Crippen molar-refractivity contribution in [2.24, 2.45) is 0 Å². The number of halogens is 1. The van der Waals surface area contributed by atoms with Gasteiger partial charge in [-0.3, -0.25) is 14.5 Å². The van der Waals surface area contributed by atoms with Crippen LogP contribution in [0.5, 0.6) is 0 Å². The van der Waals surface area contributed by atoms with Crippen LogP contribution < -0.4 is 10.2 Å². The van der Waals surface area contributed by atoms with Crippen LogP contribution in [0.4, 0.5) is 11.4 Å². The van der Waals surface area contributed by atoms with Crippen molar-refractivity contribution in [3.05, 3.63) is 105 Å². The molecule has 1 saturated heterocycles. The maximum absolute atomic E-state index is 13.6. The van der Waals surface area contributed by atoms with Crippen LogP contribution in [0.15, 0.2) is 83.4 Å². The third-order valence-electron chi connectivity index (χ3n) is 5.57. The third kappa shape index (κ3) is 5.01. The second kappa shape index (κ2) is 10.2. The lowest BCUT2D eigenvalue weighted by Crippen LogP contribution is -2.31. The first-order chi connectivity index (χ1) is 16.4. The first-order valence-electron chi connectivity index (χ1n) is 10.7. The van der Waals surface area contributed by atoms with Crippen LogP contribution in [0.2, 0.25) is 5.02 Å². The molecule has 170 valence electrons. The van der Waals surface area contributed by atoms with E-state index >= 15 is 0 Å². The molecule has 5 nitrogen and oxygen atoms in total. The average molecular weight is 488 g/mol. The van der Waals surface area contributed by atoms with Crippen molar-refractivity contribution in [1.29, 1.82) is 5.26 Å². The molecule has 2 amide bonds. The number of nitrogens with zero attached hydrogens (tertiary/aromatic N) is 2. The van der Waals surface area contributed by atoms with Crippen molar-refractivity contribution >= 4 is 46.6 Å². The minimum Gasteiger partial charge on any atom is -0.321 e. The summed E-state index contributed by atoms with van der Waals surface area (Å²) in [4.78, 5) is 28.2. The molecule has 1 N–H and O–H groups in total. The molecular formula is C27H22ClN3O2S. The summed E-state index contributed by atoms with van der Waals surface area (Å²) in [5.74, 6) is -0.729. The molecule has 0 saturated carbocycles. The maximum Gasteiger partial charge on any atom is 0.269 e. The van der Waals surface area contributed by atoms with Crippen LogP contribution in [-0.2, 0) is 16.0 Å². The van der Waals surface area contributed by atoms with E-state index in [1.165, 1.54) is 16.7 Å². The molecule has 3 aromatic rings. The topological polar surface area (TPSA) is 73.2 Å². The van der Waals surface area contributed by atoms with Gasteiger partial charge in [0.25, 0.3) is 5.91 Å². The van der Waals surface area contributed by atoms with E-state index in [-0.39, 0.29) is 11.5 Å². The number of carbonyl (C=O) groups excluding carboxylic acids is 2. The Kier molecular flexibility index (Phi) is 7.06. The van der Waals surface area contributed by atoms with Crippen LogP contribution in [0.1, 0.15) is 16.7 Å². The second-order valence-electron chi connectivity index (χ2n) is 8.00. The van der Waals surface area contributed by atoms with Gasteiger partial charge in [-0.05, 0) is 67.8 Å². The standard InChI is InChI=1S/C27H22ClN3O2S/c1-17-7-13-22(14-8-17)31-26(33)24(15-19-6-4-3-5-18(19)2)34-27(31)23(16-29)25(32)30-21-11-9-20(28)10-12-21/h3-14,24H,15H2,1-2H3,(H,30,32)/b27-23+/t24-/m0/s1. The van der Waals surface area contributed by atoms with Crippen molar-refractivity contribution in [2.75, 3.05) is 10.2 Å². The van der Waals surface area contributed by atoms with E-state index in [1.54, 1.807) is 24.3 Å². The Labute approximate surface area is 208 Å². The zero-order valence-corrected chi connectivity index (χ0v) is 20.3. The molecule has 1 heterocycles. The van der Waals surface area contributed by atoms with Gasteiger partial charge in [0.1, 0.15) is 16.7 Å². The minimum absolute atomic E-state index is 0.110. The molecule has 0 bridgehead atoms. The third-order valence-corrected chi connectivity index (χ3v) is 7.08. The largest absolute Gasteiger partial charge is 0.321 e. The SMILES string of the molecule is Cc1ccc(N2C(=O)[C@H](Cc3ccccc3C)S/C2=C(\C#N)C(=O)Nc2ccc(Cl)cc2)cc1. The van der Waals surface area contributed by atoms with Gasteiger partial charge in [-0.2, -0.15) is 5.26 Å². The number of rotatable bonds is 5. The summed E-state index contributed by atoms with van der Waals surface area (Å²) in [5, 5.41) is 13.1. The van der Waals surface area contributed by atoms with Gasteiger partial charge in [0.15, 0.2) is 0 Å². The Balaban J connectivity index is 1.73. The Bertz CT molecular complexity index is 1310. The van der Waals surface area contributed by atoms with Gasteiger partial charge in [-0.1, -0.05) is 65.3 Å². The molecule has 0 spiro atoms. The van der Waals surface area contributed by atoms with Crippen molar-refractivity contribution in [1.82, 2.24) is 0 Å². The Morgan fingerprint density at radius 3 is 2.38 bits per heavy atom. The van der Waals surface area contributed by atoms with E-state index in [2.05, 4.69) is 5.32 Å². The summed E-state index contributed by atoms with van der Waals surface area (Å²) in [6.45, 7) is 3.97. The number of nitrogens with one attached hydrogen (secondary N) is 1. The van der Waals surface area contributed by atoms with Gasteiger partial charge in [0, 0.05) is 16.4 Å². The number of hydrogen-bond acceptors (Lipinski definition) is 4. The van der Waals surface area contributed by atoms with E-state index < -0.39 is 11.2 Å². The van der Waals surface area contributed by atoms with Gasteiger partial charge in [0.05, 0.1) is 5.25 Å². The average Bonchev–Trinajstić information content (AvgIpc) is 3.13. The van der Waals surface area contributed by atoms with Crippen molar-refractivity contribution in [3.8, 4) is 6.07 Å². The molecule has 0 aromatic heterocycles. The number of thioether (sulfide) groups is 1. The summed E-state index contributed by atoms with van der Waals surface area (Å²) < 4.78 is 0. The van der Waals surface area contributed by atoms with Crippen molar-refractivity contribution in [3.63, 3.8) is 0 Å². The fourth-order valence-corrected chi connectivity index (χ4v) is 5.10. The van der Waals surface area contributed by atoms with Crippen molar-refractivity contribution < 1.29 is 9.59 Å². The molecule has 4 rings (SSSR count). The first-order valence-corrected chi connectivity index (χ1v) is 12.0. The van der Waals surface area contributed by atoms with E-state index in [4.69, 9.17) is 11.6 Å². The fraction of sp³-hybridized carbons (Fsp3) is 0.148. The zero-order valence-electron chi connectivity index (χ0n) is 18.7. The van der Waals surface area contributed by atoms with Crippen LogP contribution >= 0.6 is 23.4 Å². The quantitative estimate of drug-likeness (QED) is 0.352. The van der Waals surface area contributed by atoms with Gasteiger partial charge in [-0.15, -0.1) is 0 Å². The Morgan fingerprint density at radius 2 is 1.74 bits per heavy atom. The Hall–Kier alpha value is -3.53. The molecule has 1 aliphatic heterocycles. The highest BCUT2D eigenvalue weighted by molar-refractivity contribution is 8.05. The second-order valence-corrected chi connectivity index (χ2v) is 9.63. The molecule has 0 radical (unpaired) electrons. The van der Waals surface area contributed by atoms with Crippen LogP contribution in [0, 0.1) is 25.2 Å². The highest BCUT2D eigenvalue weighted by atomic mass is 35.5. The number of anilines is 2. The van der Waals surface area contributed by atoms with Crippen LogP contribution in [0.3, 0.4) is 0 Å². The summed E-state index contributed by atoms with van der Waals surface area (Å²) >= 11 is 7.18. The molecule has 0 aliphatic carbocycles. The lowest BCUT2D eigenvalue weighted by atomic mass is 10.0. The lowest BCUT2D eigenvalue weighted by molar-refractivity contribution is -0.117.